The molecule has 0 aliphatic carbocycles. The van der Waals surface area contributed by atoms with Crippen molar-refractivity contribution in [2.45, 2.75) is 13.5 Å². The minimum absolute atomic E-state index is 0.287. The van der Waals surface area contributed by atoms with E-state index in [0.717, 1.165) is 10.0 Å². The predicted molar refractivity (Wildman–Crippen MR) is 116 cm³/mol. The summed E-state index contributed by atoms with van der Waals surface area (Å²) in [5.74, 6) is 0.357. The van der Waals surface area contributed by atoms with Gasteiger partial charge in [0.15, 0.2) is 11.2 Å². The first kappa shape index (κ1) is 19.6. The van der Waals surface area contributed by atoms with Gasteiger partial charge in [-0.05, 0) is 34.5 Å². The van der Waals surface area contributed by atoms with Crippen LogP contribution in [-0.2, 0) is 13.6 Å². The number of benzene rings is 1. The van der Waals surface area contributed by atoms with Gasteiger partial charge in [-0.25, -0.2) is 10.2 Å². The Labute approximate surface area is 169 Å². The smallest absolute Gasteiger partial charge is 0.299 e. The van der Waals surface area contributed by atoms with E-state index < -0.39 is 11.2 Å². The molecule has 144 valence electrons. The van der Waals surface area contributed by atoms with Gasteiger partial charge >= 0.3 is 5.69 Å². The maximum Gasteiger partial charge on any atom is 0.329 e. The second kappa shape index (κ2) is 8.66. The van der Waals surface area contributed by atoms with Gasteiger partial charge in [0.1, 0.15) is 0 Å². The highest BCUT2D eigenvalue weighted by Gasteiger charge is 2.16. The zero-order valence-electron chi connectivity index (χ0n) is 15.4. The summed E-state index contributed by atoms with van der Waals surface area (Å²) < 4.78 is 3.72. The molecule has 0 saturated heterocycles. The number of anilines is 1. The molecule has 0 amide bonds. The summed E-state index contributed by atoms with van der Waals surface area (Å²) >= 11 is 3.45. The zero-order chi connectivity index (χ0) is 20.1. The van der Waals surface area contributed by atoms with Crippen LogP contribution in [0.3, 0.4) is 0 Å². The molecule has 0 spiro atoms. The van der Waals surface area contributed by atoms with Crippen molar-refractivity contribution in [3.05, 3.63) is 73.4 Å². The summed E-state index contributed by atoms with van der Waals surface area (Å²) in [6.07, 6.45) is 7.26. The predicted octanol–water partition coefficient (Wildman–Crippen LogP) is 2.83. The highest BCUT2D eigenvalue weighted by Crippen LogP contribution is 2.16. The Morgan fingerprint density at radius 1 is 1.32 bits per heavy atom. The molecular formula is C19H19BrN6O2. The third kappa shape index (κ3) is 4.20. The van der Waals surface area contributed by atoms with E-state index in [9.17, 15) is 9.59 Å². The fourth-order valence-corrected chi connectivity index (χ4v) is 2.97. The number of hydrazone groups is 1. The number of nitrogens with zero attached hydrogens (tertiary/aromatic N) is 4. The number of imidazole rings is 1. The number of aryl methyl sites for hydroxylation is 1. The van der Waals surface area contributed by atoms with Crippen molar-refractivity contribution >= 4 is 45.3 Å². The molecule has 0 fully saturated rings. The van der Waals surface area contributed by atoms with E-state index in [0.29, 0.717) is 18.0 Å². The van der Waals surface area contributed by atoms with Crippen molar-refractivity contribution in [1.82, 2.24) is 19.1 Å². The lowest BCUT2D eigenvalue weighted by molar-refractivity contribution is 0.818. The lowest BCUT2D eigenvalue weighted by Gasteiger charge is -2.04. The van der Waals surface area contributed by atoms with E-state index in [4.69, 9.17) is 0 Å². The standard InChI is InChI=1S/C19H19BrN6O2/c1-3-4-10-26-15-16(25(2)19(28)23-17(15)27)22-18(26)24-21-12-14(20)11-13-8-6-5-7-9-13/h3-9,11-12H,10H2,1-2H3,(H,22,24)(H,23,27,28)/b4-3?,14-11?,21-12-. The SMILES string of the molecule is CC=CCn1c(N/N=C\C(Br)=Cc2ccccc2)nc2c1c(=O)[nH]c(=O)n2C. The number of aromatic amines is 1. The molecule has 0 bridgehead atoms. The molecule has 0 saturated carbocycles. The van der Waals surface area contributed by atoms with Gasteiger partial charge in [-0.2, -0.15) is 10.1 Å². The number of rotatable bonds is 6. The maximum atomic E-state index is 12.3. The molecule has 0 atom stereocenters. The summed E-state index contributed by atoms with van der Waals surface area (Å²) in [6.45, 7) is 2.29. The first-order valence-electron chi connectivity index (χ1n) is 8.53. The molecule has 1 aromatic carbocycles. The van der Waals surface area contributed by atoms with Crippen LogP contribution in [0.2, 0.25) is 0 Å². The molecule has 2 N–H and O–H groups in total. The summed E-state index contributed by atoms with van der Waals surface area (Å²) in [7, 11) is 1.56. The van der Waals surface area contributed by atoms with E-state index in [1.807, 2.05) is 55.5 Å². The molecular weight excluding hydrogens is 424 g/mol. The van der Waals surface area contributed by atoms with Crippen LogP contribution in [0.25, 0.3) is 17.2 Å². The second-order valence-corrected chi connectivity index (χ2v) is 6.83. The van der Waals surface area contributed by atoms with Gasteiger partial charge in [0.25, 0.3) is 5.56 Å². The Hall–Kier alpha value is -3.20. The largest absolute Gasteiger partial charge is 0.329 e. The number of fused-ring (bicyclic) bond motifs is 1. The topological polar surface area (TPSA) is 97.1 Å². The van der Waals surface area contributed by atoms with Gasteiger partial charge in [-0.1, -0.05) is 42.5 Å². The minimum Gasteiger partial charge on any atom is -0.299 e. The van der Waals surface area contributed by atoms with Gasteiger partial charge in [-0.15, -0.1) is 0 Å². The van der Waals surface area contributed by atoms with Gasteiger partial charge in [0.05, 0.1) is 6.21 Å². The fraction of sp³-hybridized carbons (Fsp3) is 0.158. The lowest BCUT2D eigenvalue weighted by atomic mass is 10.2. The average Bonchev–Trinajstić information content (AvgIpc) is 3.04. The number of hydrogen-bond donors (Lipinski definition) is 2. The summed E-state index contributed by atoms with van der Waals surface area (Å²) in [5, 5.41) is 4.19. The van der Waals surface area contributed by atoms with Crippen LogP contribution < -0.4 is 16.7 Å². The number of aromatic nitrogens is 4. The van der Waals surface area contributed by atoms with Crippen LogP contribution in [0.5, 0.6) is 0 Å². The number of H-pyrrole nitrogens is 1. The van der Waals surface area contributed by atoms with Crippen molar-refractivity contribution in [1.29, 1.82) is 0 Å². The number of halogens is 1. The molecule has 28 heavy (non-hydrogen) atoms. The van der Waals surface area contributed by atoms with Gasteiger partial charge in [0, 0.05) is 18.1 Å². The molecule has 0 unspecified atom stereocenters. The molecule has 3 rings (SSSR count). The van der Waals surface area contributed by atoms with E-state index in [1.165, 1.54) is 4.57 Å². The van der Waals surface area contributed by atoms with Crippen LogP contribution in [0.15, 0.2) is 61.7 Å². The third-order valence-corrected chi connectivity index (χ3v) is 4.42. The summed E-state index contributed by atoms with van der Waals surface area (Å²) in [6, 6.07) is 9.81. The van der Waals surface area contributed by atoms with Crippen LogP contribution >= 0.6 is 15.9 Å². The van der Waals surface area contributed by atoms with Crippen molar-refractivity contribution in [2.75, 3.05) is 5.43 Å². The number of nitrogens with one attached hydrogen (secondary N) is 2. The van der Waals surface area contributed by atoms with Gasteiger partial charge in [-0.3, -0.25) is 18.9 Å². The Bertz CT molecular complexity index is 1180. The molecule has 2 heterocycles. The molecule has 0 aliphatic rings. The third-order valence-electron chi connectivity index (χ3n) is 3.99. The second-order valence-electron chi connectivity index (χ2n) is 5.92. The van der Waals surface area contributed by atoms with Crippen molar-refractivity contribution in [3.63, 3.8) is 0 Å². The van der Waals surface area contributed by atoms with Crippen molar-refractivity contribution in [3.8, 4) is 0 Å². The van der Waals surface area contributed by atoms with E-state index >= 15 is 0 Å². The Morgan fingerprint density at radius 3 is 2.79 bits per heavy atom. The van der Waals surface area contributed by atoms with Crippen LogP contribution in [0, 0.1) is 0 Å². The maximum absolute atomic E-state index is 12.3. The van der Waals surface area contributed by atoms with Crippen LogP contribution in [0.1, 0.15) is 12.5 Å². The Morgan fingerprint density at radius 2 is 2.07 bits per heavy atom. The van der Waals surface area contributed by atoms with Gasteiger partial charge < -0.3 is 0 Å². The normalized spacial score (nSPS) is 12.5. The first-order chi connectivity index (χ1) is 13.5. The Kier molecular flexibility index (Phi) is 6.05. The highest BCUT2D eigenvalue weighted by molar-refractivity contribution is 9.12. The van der Waals surface area contributed by atoms with Crippen LogP contribution in [-0.4, -0.2) is 25.3 Å². The molecule has 3 aromatic rings. The minimum atomic E-state index is -0.517. The van der Waals surface area contributed by atoms with Crippen LogP contribution in [0.4, 0.5) is 5.95 Å². The number of allylic oxidation sites excluding steroid dienone is 3. The number of hydrogen-bond acceptors (Lipinski definition) is 5. The first-order valence-corrected chi connectivity index (χ1v) is 9.32. The Balaban J connectivity index is 1.95. The highest BCUT2D eigenvalue weighted by atomic mass is 79.9. The summed E-state index contributed by atoms with van der Waals surface area (Å²) in [5.41, 5.74) is 3.46. The van der Waals surface area contributed by atoms with Crippen molar-refractivity contribution in [2.24, 2.45) is 12.1 Å². The lowest BCUT2D eigenvalue weighted by Crippen LogP contribution is -2.29. The average molecular weight is 443 g/mol. The van der Waals surface area contributed by atoms with Gasteiger partial charge in [0.2, 0.25) is 5.95 Å². The molecule has 0 radical (unpaired) electrons. The monoisotopic (exact) mass is 442 g/mol. The summed E-state index contributed by atoms with van der Waals surface area (Å²) in [4.78, 5) is 30.8. The molecule has 2 aromatic heterocycles. The van der Waals surface area contributed by atoms with E-state index in [2.05, 4.69) is 36.4 Å². The van der Waals surface area contributed by atoms with E-state index in [-0.39, 0.29) is 5.65 Å². The zero-order valence-corrected chi connectivity index (χ0v) is 17.0. The quantitative estimate of drug-likeness (QED) is 0.348. The fourth-order valence-electron chi connectivity index (χ4n) is 2.61. The van der Waals surface area contributed by atoms with Crippen molar-refractivity contribution < 1.29 is 0 Å². The molecule has 9 heteroatoms. The van der Waals surface area contributed by atoms with E-state index in [1.54, 1.807) is 17.8 Å². The molecule has 0 aliphatic heterocycles. The molecule has 8 nitrogen and oxygen atoms in total.